The summed E-state index contributed by atoms with van der Waals surface area (Å²) in [5.41, 5.74) is 2.58. The summed E-state index contributed by atoms with van der Waals surface area (Å²) in [5.74, 6) is 0. The number of benzene rings is 1. The van der Waals surface area contributed by atoms with Crippen LogP contribution in [0, 0.1) is 0 Å². The zero-order chi connectivity index (χ0) is 13.9. The first kappa shape index (κ1) is 13.2. The molecule has 0 radical (unpaired) electrons. The Kier molecular flexibility index (Phi) is 3.74. The summed E-state index contributed by atoms with van der Waals surface area (Å²) in [4.78, 5) is 2.49. The number of nitrogens with zero attached hydrogens (tertiary/aromatic N) is 3. The lowest BCUT2D eigenvalue weighted by Crippen LogP contribution is -2.52. The van der Waals surface area contributed by atoms with Gasteiger partial charge in [-0.2, -0.15) is 5.10 Å². The number of nitrogens with one attached hydrogen (secondary N) is 1. The summed E-state index contributed by atoms with van der Waals surface area (Å²) in [7, 11) is 1.97. The first-order valence-corrected chi connectivity index (χ1v) is 7.31. The van der Waals surface area contributed by atoms with Crippen LogP contribution in [-0.2, 0) is 7.05 Å². The molecule has 0 amide bonds. The van der Waals surface area contributed by atoms with Gasteiger partial charge in [0, 0.05) is 38.4 Å². The molecule has 1 fully saturated rings. The Labute approximate surface area is 120 Å². The topological polar surface area (TPSA) is 33.1 Å². The van der Waals surface area contributed by atoms with E-state index in [1.807, 2.05) is 17.9 Å². The molecule has 0 bridgehead atoms. The molecule has 1 aliphatic heterocycles. The average molecular weight is 270 g/mol. The molecule has 0 aliphatic carbocycles. The van der Waals surface area contributed by atoms with Gasteiger partial charge < -0.3 is 10.2 Å². The number of piperazine rings is 1. The van der Waals surface area contributed by atoms with Gasteiger partial charge in [-0.1, -0.05) is 37.3 Å². The maximum atomic E-state index is 4.31. The van der Waals surface area contributed by atoms with Crippen molar-refractivity contribution in [3.05, 3.63) is 48.3 Å². The van der Waals surface area contributed by atoms with Crippen LogP contribution in [0.4, 0.5) is 5.69 Å². The van der Waals surface area contributed by atoms with Crippen molar-refractivity contribution in [3.63, 3.8) is 0 Å². The second-order valence-electron chi connectivity index (χ2n) is 5.46. The van der Waals surface area contributed by atoms with Crippen LogP contribution in [-0.4, -0.2) is 28.9 Å². The highest BCUT2D eigenvalue weighted by atomic mass is 15.3. The van der Waals surface area contributed by atoms with Crippen molar-refractivity contribution >= 4 is 5.69 Å². The Hall–Kier alpha value is -1.81. The molecule has 1 aliphatic rings. The first-order chi connectivity index (χ1) is 9.78. The van der Waals surface area contributed by atoms with E-state index in [0.29, 0.717) is 12.1 Å². The number of hydrogen-bond donors (Lipinski definition) is 1. The van der Waals surface area contributed by atoms with Crippen molar-refractivity contribution in [2.45, 2.75) is 25.4 Å². The van der Waals surface area contributed by atoms with Gasteiger partial charge >= 0.3 is 0 Å². The minimum atomic E-state index is 0.388. The van der Waals surface area contributed by atoms with Gasteiger partial charge in [0.1, 0.15) is 0 Å². The lowest BCUT2D eigenvalue weighted by atomic mass is 10.0. The molecule has 2 atom stereocenters. The van der Waals surface area contributed by atoms with Crippen LogP contribution >= 0.6 is 0 Å². The molecule has 0 saturated carbocycles. The molecule has 3 rings (SSSR count). The highest BCUT2D eigenvalue weighted by molar-refractivity contribution is 5.45. The largest absolute Gasteiger partial charge is 0.363 e. The average Bonchev–Trinajstić information content (AvgIpc) is 2.94. The van der Waals surface area contributed by atoms with Crippen molar-refractivity contribution in [1.29, 1.82) is 0 Å². The van der Waals surface area contributed by atoms with E-state index in [9.17, 15) is 0 Å². The molecule has 20 heavy (non-hydrogen) atoms. The molecule has 1 saturated heterocycles. The molecular weight excluding hydrogens is 248 g/mol. The minimum absolute atomic E-state index is 0.388. The van der Waals surface area contributed by atoms with E-state index in [1.165, 1.54) is 11.3 Å². The zero-order valence-corrected chi connectivity index (χ0v) is 12.2. The van der Waals surface area contributed by atoms with E-state index < -0.39 is 0 Å². The Morgan fingerprint density at radius 1 is 1.30 bits per heavy atom. The number of hydrogen-bond acceptors (Lipinski definition) is 3. The molecule has 1 N–H and O–H groups in total. The minimum Gasteiger partial charge on any atom is -0.363 e. The highest BCUT2D eigenvalue weighted by Crippen LogP contribution is 2.26. The van der Waals surface area contributed by atoms with E-state index in [-0.39, 0.29) is 0 Å². The van der Waals surface area contributed by atoms with Crippen LogP contribution in [0.1, 0.15) is 24.9 Å². The summed E-state index contributed by atoms with van der Waals surface area (Å²) in [6.45, 7) is 4.26. The fourth-order valence-corrected chi connectivity index (χ4v) is 2.94. The molecule has 106 valence electrons. The third-order valence-electron chi connectivity index (χ3n) is 4.12. The SMILES string of the molecule is CCC1CNC(c2ccccc2)CN1c1cnn(C)c1. The van der Waals surface area contributed by atoms with Gasteiger partial charge in [0.15, 0.2) is 0 Å². The summed E-state index contributed by atoms with van der Waals surface area (Å²) < 4.78 is 1.88. The highest BCUT2D eigenvalue weighted by Gasteiger charge is 2.28. The fraction of sp³-hybridized carbons (Fsp3) is 0.438. The van der Waals surface area contributed by atoms with Gasteiger partial charge in [0.25, 0.3) is 0 Å². The monoisotopic (exact) mass is 270 g/mol. The second-order valence-corrected chi connectivity index (χ2v) is 5.46. The molecule has 0 spiro atoms. The van der Waals surface area contributed by atoms with Crippen LogP contribution in [0.25, 0.3) is 0 Å². The van der Waals surface area contributed by atoms with Gasteiger partial charge in [-0.15, -0.1) is 0 Å². The molecule has 1 aromatic heterocycles. The maximum Gasteiger partial charge on any atom is 0.0755 e. The Morgan fingerprint density at radius 2 is 2.10 bits per heavy atom. The molecule has 4 heteroatoms. The van der Waals surface area contributed by atoms with Crippen LogP contribution in [0.2, 0.25) is 0 Å². The molecular formula is C16H22N4. The van der Waals surface area contributed by atoms with Crippen molar-refractivity contribution in [1.82, 2.24) is 15.1 Å². The van der Waals surface area contributed by atoms with E-state index >= 15 is 0 Å². The van der Waals surface area contributed by atoms with Crippen LogP contribution in [0.15, 0.2) is 42.7 Å². The van der Waals surface area contributed by atoms with Crippen LogP contribution in [0.3, 0.4) is 0 Å². The third-order valence-corrected chi connectivity index (χ3v) is 4.12. The van der Waals surface area contributed by atoms with Gasteiger partial charge in [0.05, 0.1) is 11.9 Å². The van der Waals surface area contributed by atoms with Crippen molar-refractivity contribution in [3.8, 4) is 0 Å². The third kappa shape index (κ3) is 2.56. The summed E-state index contributed by atoms with van der Waals surface area (Å²) in [5, 5.41) is 7.99. The normalized spacial score (nSPS) is 23.0. The Bertz CT molecular complexity index is 549. The molecule has 2 aromatic rings. The quantitative estimate of drug-likeness (QED) is 0.929. The van der Waals surface area contributed by atoms with E-state index in [1.54, 1.807) is 0 Å². The van der Waals surface area contributed by atoms with Crippen LogP contribution < -0.4 is 10.2 Å². The van der Waals surface area contributed by atoms with E-state index in [0.717, 1.165) is 19.5 Å². The lowest BCUT2D eigenvalue weighted by molar-refractivity contribution is 0.393. The Morgan fingerprint density at radius 3 is 2.75 bits per heavy atom. The number of aryl methyl sites for hydroxylation is 1. The predicted molar refractivity (Wildman–Crippen MR) is 81.8 cm³/mol. The number of rotatable bonds is 3. The van der Waals surface area contributed by atoms with Gasteiger partial charge in [-0.05, 0) is 12.0 Å². The van der Waals surface area contributed by atoms with E-state index in [2.05, 4.69) is 58.8 Å². The molecule has 1 aromatic carbocycles. The maximum absolute atomic E-state index is 4.31. The van der Waals surface area contributed by atoms with Crippen molar-refractivity contribution in [2.24, 2.45) is 7.05 Å². The zero-order valence-electron chi connectivity index (χ0n) is 12.2. The fourth-order valence-electron chi connectivity index (χ4n) is 2.94. The summed E-state index contributed by atoms with van der Waals surface area (Å²) in [6.07, 6.45) is 5.22. The molecule has 4 nitrogen and oxygen atoms in total. The van der Waals surface area contributed by atoms with Crippen molar-refractivity contribution in [2.75, 3.05) is 18.0 Å². The molecule has 2 unspecified atom stereocenters. The summed E-state index contributed by atoms with van der Waals surface area (Å²) >= 11 is 0. The van der Waals surface area contributed by atoms with Gasteiger partial charge in [-0.3, -0.25) is 4.68 Å². The van der Waals surface area contributed by atoms with Crippen LogP contribution in [0.5, 0.6) is 0 Å². The molecule has 2 heterocycles. The second kappa shape index (κ2) is 5.67. The standard InChI is InChI=1S/C16H22N4/c1-3-14-9-17-16(13-7-5-4-6-8-13)12-20(14)15-10-18-19(2)11-15/h4-8,10-11,14,16-17H,3,9,12H2,1-2H3. The van der Waals surface area contributed by atoms with Gasteiger partial charge in [0.2, 0.25) is 0 Å². The van der Waals surface area contributed by atoms with Crippen molar-refractivity contribution < 1.29 is 0 Å². The van der Waals surface area contributed by atoms with Gasteiger partial charge in [-0.25, -0.2) is 0 Å². The first-order valence-electron chi connectivity index (χ1n) is 7.31. The predicted octanol–water partition coefficient (Wildman–Crippen LogP) is 2.35. The van der Waals surface area contributed by atoms with E-state index in [4.69, 9.17) is 0 Å². The summed E-state index contributed by atoms with van der Waals surface area (Å²) in [6, 6.07) is 11.6. The Balaban J connectivity index is 1.83. The lowest BCUT2D eigenvalue weighted by Gasteiger charge is -2.41. The number of anilines is 1. The smallest absolute Gasteiger partial charge is 0.0755 e. The number of aromatic nitrogens is 2.